The topological polar surface area (TPSA) is 12.0 Å². The van der Waals surface area contributed by atoms with Crippen molar-refractivity contribution in [3.8, 4) is 0 Å². The Kier molecular flexibility index (Phi) is 4.89. The highest BCUT2D eigenvalue weighted by Gasteiger charge is 2.18. The van der Waals surface area contributed by atoms with E-state index in [0.29, 0.717) is 0 Å². The van der Waals surface area contributed by atoms with E-state index >= 15 is 0 Å². The molecular formula is C22H23N. The van der Waals surface area contributed by atoms with Crippen molar-refractivity contribution in [3.63, 3.8) is 0 Å². The van der Waals surface area contributed by atoms with Gasteiger partial charge in [0.25, 0.3) is 0 Å². The second-order valence-corrected chi connectivity index (χ2v) is 6.00. The Morgan fingerprint density at radius 2 is 1.17 bits per heavy atom. The van der Waals surface area contributed by atoms with E-state index in [1.807, 2.05) is 0 Å². The molecule has 0 heterocycles. The summed E-state index contributed by atoms with van der Waals surface area (Å²) in [6, 6.07) is 30.4. The van der Waals surface area contributed by atoms with Crippen LogP contribution in [-0.4, -0.2) is 0 Å². The van der Waals surface area contributed by atoms with Crippen LogP contribution in [0.1, 0.15) is 41.3 Å². The zero-order chi connectivity index (χ0) is 16.1. The maximum atomic E-state index is 3.81. The normalized spacial score (nSPS) is 13.5. The Hall–Kier alpha value is -2.38. The van der Waals surface area contributed by atoms with Crippen LogP contribution in [0.3, 0.4) is 0 Å². The van der Waals surface area contributed by atoms with Crippen molar-refractivity contribution in [3.05, 3.63) is 107 Å². The molecule has 3 aromatic rings. The number of benzene rings is 3. The van der Waals surface area contributed by atoms with Gasteiger partial charge in [-0.15, -0.1) is 0 Å². The molecule has 0 radical (unpaired) electrons. The monoisotopic (exact) mass is 301 g/mol. The summed E-state index contributed by atoms with van der Waals surface area (Å²) in [7, 11) is 0. The van der Waals surface area contributed by atoms with Gasteiger partial charge in [0.1, 0.15) is 0 Å². The summed E-state index contributed by atoms with van der Waals surface area (Å²) < 4.78 is 0. The van der Waals surface area contributed by atoms with E-state index in [1.54, 1.807) is 0 Å². The molecule has 23 heavy (non-hydrogen) atoms. The molecule has 0 bridgehead atoms. The SMILES string of the molecule is Cc1ccccc1[C@H](N[C@H](C)c1ccccc1)c1ccccc1. The lowest BCUT2D eigenvalue weighted by Gasteiger charge is -2.26. The molecular weight excluding hydrogens is 278 g/mol. The molecule has 116 valence electrons. The number of rotatable bonds is 5. The van der Waals surface area contributed by atoms with E-state index in [4.69, 9.17) is 0 Å². The average molecular weight is 301 g/mol. The molecule has 1 nitrogen and oxygen atoms in total. The van der Waals surface area contributed by atoms with E-state index in [-0.39, 0.29) is 12.1 Å². The smallest absolute Gasteiger partial charge is 0.0583 e. The van der Waals surface area contributed by atoms with Gasteiger partial charge < -0.3 is 0 Å². The number of nitrogens with one attached hydrogen (secondary N) is 1. The molecule has 0 aliphatic carbocycles. The van der Waals surface area contributed by atoms with E-state index in [1.165, 1.54) is 22.3 Å². The van der Waals surface area contributed by atoms with Crippen LogP contribution in [0, 0.1) is 6.92 Å². The van der Waals surface area contributed by atoms with Crippen molar-refractivity contribution < 1.29 is 0 Å². The zero-order valence-electron chi connectivity index (χ0n) is 13.7. The summed E-state index contributed by atoms with van der Waals surface area (Å²) in [6.45, 7) is 4.41. The van der Waals surface area contributed by atoms with Gasteiger partial charge in [-0.3, -0.25) is 5.32 Å². The van der Waals surface area contributed by atoms with E-state index in [9.17, 15) is 0 Å². The first-order valence-corrected chi connectivity index (χ1v) is 8.17. The highest BCUT2D eigenvalue weighted by Crippen LogP contribution is 2.28. The van der Waals surface area contributed by atoms with Gasteiger partial charge in [-0.2, -0.15) is 0 Å². The molecule has 0 aliphatic heterocycles. The molecule has 0 saturated heterocycles. The maximum absolute atomic E-state index is 3.81. The van der Waals surface area contributed by atoms with E-state index in [2.05, 4.69) is 104 Å². The van der Waals surface area contributed by atoms with Crippen LogP contribution in [0.5, 0.6) is 0 Å². The molecule has 3 rings (SSSR count). The van der Waals surface area contributed by atoms with Crippen molar-refractivity contribution >= 4 is 0 Å². The van der Waals surface area contributed by atoms with Gasteiger partial charge in [-0.25, -0.2) is 0 Å². The van der Waals surface area contributed by atoms with Gasteiger partial charge in [0, 0.05) is 6.04 Å². The fraction of sp³-hybridized carbons (Fsp3) is 0.182. The molecule has 0 aromatic heterocycles. The molecule has 0 spiro atoms. The Bertz CT molecular complexity index is 734. The second kappa shape index (κ2) is 7.26. The molecule has 0 saturated carbocycles. The van der Waals surface area contributed by atoms with Gasteiger partial charge in [0.15, 0.2) is 0 Å². The Morgan fingerprint density at radius 3 is 1.78 bits per heavy atom. The molecule has 0 aliphatic rings. The summed E-state index contributed by atoms with van der Waals surface area (Å²) >= 11 is 0. The summed E-state index contributed by atoms with van der Waals surface area (Å²) in [5.41, 5.74) is 5.25. The minimum Gasteiger partial charge on any atom is -0.300 e. The molecule has 0 fully saturated rings. The first-order valence-electron chi connectivity index (χ1n) is 8.17. The predicted octanol–water partition coefficient (Wildman–Crippen LogP) is 5.44. The molecule has 0 amide bonds. The van der Waals surface area contributed by atoms with Gasteiger partial charge in [0.2, 0.25) is 0 Å². The standard InChI is InChI=1S/C22H23N/c1-17-11-9-10-16-21(17)22(20-14-7-4-8-15-20)23-18(2)19-12-5-3-6-13-19/h3-16,18,22-23H,1-2H3/t18-,22-/m1/s1. The first-order chi connectivity index (χ1) is 11.3. The maximum Gasteiger partial charge on any atom is 0.0583 e. The fourth-order valence-corrected chi connectivity index (χ4v) is 3.01. The molecule has 0 unspecified atom stereocenters. The summed E-state index contributed by atoms with van der Waals surface area (Å²) in [5.74, 6) is 0. The first kappa shape index (κ1) is 15.5. The third kappa shape index (κ3) is 3.69. The van der Waals surface area contributed by atoms with Gasteiger partial charge in [-0.1, -0.05) is 84.9 Å². The van der Waals surface area contributed by atoms with Crippen molar-refractivity contribution in [2.45, 2.75) is 25.9 Å². The second-order valence-electron chi connectivity index (χ2n) is 6.00. The highest BCUT2D eigenvalue weighted by atomic mass is 14.9. The number of hydrogen-bond donors (Lipinski definition) is 1. The van der Waals surface area contributed by atoms with Crippen LogP contribution in [0.15, 0.2) is 84.9 Å². The lowest BCUT2D eigenvalue weighted by molar-refractivity contribution is 0.515. The van der Waals surface area contributed by atoms with Crippen LogP contribution in [0.25, 0.3) is 0 Å². The minimum atomic E-state index is 0.188. The fourth-order valence-electron chi connectivity index (χ4n) is 3.01. The third-order valence-electron chi connectivity index (χ3n) is 4.35. The predicted molar refractivity (Wildman–Crippen MR) is 97.5 cm³/mol. The van der Waals surface area contributed by atoms with Crippen molar-refractivity contribution in [1.29, 1.82) is 0 Å². The van der Waals surface area contributed by atoms with E-state index < -0.39 is 0 Å². The third-order valence-corrected chi connectivity index (χ3v) is 4.35. The average Bonchev–Trinajstić information content (AvgIpc) is 2.62. The molecule has 3 aromatic carbocycles. The van der Waals surface area contributed by atoms with Crippen molar-refractivity contribution in [2.24, 2.45) is 0 Å². The van der Waals surface area contributed by atoms with E-state index in [0.717, 1.165) is 0 Å². The van der Waals surface area contributed by atoms with Crippen molar-refractivity contribution in [1.82, 2.24) is 5.32 Å². The van der Waals surface area contributed by atoms with Crippen LogP contribution in [-0.2, 0) is 0 Å². The zero-order valence-corrected chi connectivity index (χ0v) is 13.7. The Balaban J connectivity index is 1.95. The lowest BCUT2D eigenvalue weighted by Crippen LogP contribution is -2.26. The van der Waals surface area contributed by atoms with Crippen LogP contribution >= 0.6 is 0 Å². The molecule has 2 atom stereocenters. The van der Waals surface area contributed by atoms with Crippen LogP contribution < -0.4 is 5.32 Å². The molecule has 1 N–H and O–H groups in total. The Labute approximate surface area is 139 Å². The van der Waals surface area contributed by atoms with Gasteiger partial charge >= 0.3 is 0 Å². The number of hydrogen-bond acceptors (Lipinski definition) is 1. The van der Waals surface area contributed by atoms with Gasteiger partial charge in [-0.05, 0) is 36.1 Å². The lowest BCUT2D eigenvalue weighted by atomic mass is 9.93. The van der Waals surface area contributed by atoms with Crippen molar-refractivity contribution in [2.75, 3.05) is 0 Å². The number of aryl methyl sites for hydroxylation is 1. The van der Waals surface area contributed by atoms with Crippen LogP contribution in [0.2, 0.25) is 0 Å². The van der Waals surface area contributed by atoms with Gasteiger partial charge in [0.05, 0.1) is 6.04 Å². The largest absolute Gasteiger partial charge is 0.300 e. The summed E-state index contributed by atoms with van der Waals surface area (Å²) in [4.78, 5) is 0. The highest BCUT2D eigenvalue weighted by molar-refractivity contribution is 5.37. The van der Waals surface area contributed by atoms with Crippen LogP contribution in [0.4, 0.5) is 0 Å². The minimum absolute atomic E-state index is 0.188. The Morgan fingerprint density at radius 1 is 0.652 bits per heavy atom. The molecule has 1 heteroatoms. The summed E-state index contributed by atoms with van der Waals surface area (Å²) in [5, 5.41) is 3.81. The quantitative estimate of drug-likeness (QED) is 0.662. The summed E-state index contributed by atoms with van der Waals surface area (Å²) in [6.07, 6.45) is 0.